The smallest absolute Gasteiger partial charge is 0.187 e. The molecule has 0 spiro atoms. The summed E-state index contributed by atoms with van der Waals surface area (Å²) in [5, 5.41) is 3.04. The molecule has 1 N–H and O–H groups in total. The van der Waals surface area contributed by atoms with Crippen LogP contribution in [-0.2, 0) is 0 Å². The van der Waals surface area contributed by atoms with E-state index in [-0.39, 0.29) is 0 Å². The van der Waals surface area contributed by atoms with E-state index in [1.165, 1.54) is 19.6 Å². The second-order valence-electron chi connectivity index (χ2n) is 3.49. The van der Waals surface area contributed by atoms with Crippen molar-refractivity contribution in [2.75, 3.05) is 19.0 Å². The number of nitrogens with one attached hydrogen (secondary N) is 1. The fourth-order valence-corrected chi connectivity index (χ4v) is 1.62. The molecule has 0 aliphatic rings. The molecule has 18 heavy (non-hydrogen) atoms. The van der Waals surface area contributed by atoms with Crippen LogP contribution in [0.3, 0.4) is 0 Å². The molecule has 0 aliphatic heterocycles. The van der Waals surface area contributed by atoms with Crippen molar-refractivity contribution in [3.8, 4) is 17.0 Å². The quantitative estimate of drug-likeness (QED) is 0.898. The zero-order valence-corrected chi connectivity index (χ0v) is 10.1. The van der Waals surface area contributed by atoms with Gasteiger partial charge >= 0.3 is 0 Å². The van der Waals surface area contributed by atoms with Crippen LogP contribution in [0.5, 0.6) is 5.75 Å². The van der Waals surface area contributed by atoms with Gasteiger partial charge in [-0.25, -0.2) is 14.4 Å². The second kappa shape index (κ2) is 5.39. The van der Waals surface area contributed by atoms with Gasteiger partial charge in [0.1, 0.15) is 12.0 Å². The Labute approximate surface area is 104 Å². The maximum atomic E-state index is 13.7. The highest BCUT2D eigenvalue weighted by Gasteiger charge is 2.16. The molecule has 2 aromatic heterocycles. The van der Waals surface area contributed by atoms with E-state index in [1.54, 1.807) is 6.07 Å². The van der Waals surface area contributed by atoms with Gasteiger partial charge in [0, 0.05) is 18.3 Å². The van der Waals surface area contributed by atoms with E-state index in [9.17, 15) is 4.39 Å². The monoisotopic (exact) mass is 248 g/mol. The third kappa shape index (κ3) is 2.22. The van der Waals surface area contributed by atoms with Crippen LogP contribution in [0, 0.1) is 5.82 Å². The molecule has 0 atom stereocenters. The van der Waals surface area contributed by atoms with Crippen molar-refractivity contribution in [3.05, 3.63) is 30.6 Å². The molecule has 0 aliphatic carbocycles. The maximum Gasteiger partial charge on any atom is 0.187 e. The number of aromatic nitrogens is 3. The van der Waals surface area contributed by atoms with Crippen molar-refractivity contribution in [2.45, 2.75) is 6.92 Å². The average molecular weight is 248 g/mol. The van der Waals surface area contributed by atoms with Crippen LogP contribution in [0.1, 0.15) is 6.92 Å². The average Bonchev–Trinajstić information content (AvgIpc) is 2.39. The summed E-state index contributed by atoms with van der Waals surface area (Å²) in [4.78, 5) is 11.9. The fraction of sp³-hybridized carbons (Fsp3) is 0.250. The molecule has 0 bridgehead atoms. The molecule has 0 unspecified atom stereocenters. The number of hydrogen-bond acceptors (Lipinski definition) is 5. The van der Waals surface area contributed by atoms with E-state index in [0.717, 1.165) is 6.20 Å². The molecule has 0 fully saturated rings. The number of methoxy groups -OCH3 is 1. The number of hydrogen-bond donors (Lipinski definition) is 1. The van der Waals surface area contributed by atoms with Gasteiger partial charge in [-0.3, -0.25) is 4.98 Å². The van der Waals surface area contributed by atoms with Crippen molar-refractivity contribution < 1.29 is 9.13 Å². The zero-order chi connectivity index (χ0) is 13.0. The van der Waals surface area contributed by atoms with Gasteiger partial charge in [0.25, 0.3) is 0 Å². The standard InChI is InChI=1S/C12H13FN4O/c1-3-15-12-11(18-2)10(16-7-17-12)8-4-5-14-6-9(8)13/h4-7H,3H2,1-2H3,(H,15,16,17). The summed E-state index contributed by atoms with van der Waals surface area (Å²) in [5.41, 5.74) is 0.742. The molecule has 0 saturated heterocycles. The topological polar surface area (TPSA) is 59.9 Å². The molecular formula is C12H13FN4O. The Balaban J connectivity index is 2.57. The minimum absolute atomic E-state index is 0.336. The molecule has 94 valence electrons. The van der Waals surface area contributed by atoms with Gasteiger partial charge in [0.05, 0.1) is 13.3 Å². The van der Waals surface area contributed by atoms with Crippen molar-refractivity contribution in [3.63, 3.8) is 0 Å². The molecule has 2 heterocycles. The summed E-state index contributed by atoms with van der Waals surface area (Å²) < 4.78 is 19.0. The van der Waals surface area contributed by atoms with Crippen LogP contribution in [0.4, 0.5) is 10.2 Å². The molecule has 6 heteroatoms. The summed E-state index contributed by atoms with van der Waals surface area (Å²) in [7, 11) is 1.50. The summed E-state index contributed by atoms with van der Waals surface area (Å²) in [6, 6.07) is 1.55. The lowest BCUT2D eigenvalue weighted by Crippen LogP contribution is -2.04. The largest absolute Gasteiger partial charge is 0.491 e. The molecular weight excluding hydrogens is 235 g/mol. The summed E-state index contributed by atoms with van der Waals surface area (Å²) >= 11 is 0. The number of ether oxygens (including phenoxy) is 1. The molecule has 0 aromatic carbocycles. The number of halogens is 1. The van der Waals surface area contributed by atoms with Crippen LogP contribution in [-0.4, -0.2) is 28.6 Å². The van der Waals surface area contributed by atoms with Gasteiger partial charge in [-0.15, -0.1) is 0 Å². The van der Waals surface area contributed by atoms with Crippen LogP contribution in [0.25, 0.3) is 11.3 Å². The lowest BCUT2D eigenvalue weighted by molar-refractivity contribution is 0.414. The molecule has 2 rings (SSSR count). The lowest BCUT2D eigenvalue weighted by Gasteiger charge is -2.12. The predicted molar refractivity (Wildman–Crippen MR) is 65.9 cm³/mol. The number of rotatable bonds is 4. The molecule has 0 saturated carbocycles. The number of nitrogens with zero attached hydrogens (tertiary/aromatic N) is 3. The highest BCUT2D eigenvalue weighted by atomic mass is 19.1. The van der Waals surface area contributed by atoms with E-state index >= 15 is 0 Å². The van der Waals surface area contributed by atoms with E-state index in [1.807, 2.05) is 6.92 Å². The Bertz CT molecular complexity index is 547. The van der Waals surface area contributed by atoms with E-state index in [2.05, 4.69) is 20.3 Å². The van der Waals surface area contributed by atoms with E-state index in [4.69, 9.17) is 4.74 Å². The Morgan fingerprint density at radius 2 is 2.22 bits per heavy atom. The highest BCUT2D eigenvalue weighted by Crippen LogP contribution is 2.33. The predicted octanol–water partition coefficient (Wildman–Crippen LogP) is 2.12. The van der Waals surface area contributed by atoms with Crippen molar-refractivity contribution in [1.82, 2.24) is 15.0 Å². The SMILES string of the molecule is CCNc1ncnc(-c2ccncc2F)c1OC. The minimum atomic E-state index is -0.447. The van der Waals surface area contributed by atoms with E-state index < -0.39 is 5.82 Å². The van der Waals surface area contributed by atoms with Crippen molar-refractivity contribution >= 4 is 5.82 Å². The molecule has 5 nitrogen and oxygen atoms in total. The normalized spacial score (nSPS) is 10.2. The Morgan fingerprint density at radius 1 is 1.39 bits per heavy atom. The number of pyridine rings is 1. The summed E-state index contributed by atoms with van der Waals surface area (Å²) in [6.07, 6.45) is 4.02. The first-order valence-corrected chi connectivity index (χ1v) is 5.50. The second-order valence-corrected chi connectivity index (χ2v) is 3.49. The first-order chi connectivity index (χ1) is 8.77. The highest BCUT2D eigenvalue weighted by molar-refractivity contribution is 5.72. The van der Waals surface area contributed by atoms with Crippen LogP contribution >= 0.6 is 0 Å². The fourth-order valence-electron chi connectivity index (χ4n) is 1.62. The summed E-state index contributed by atoms with van der Waals surface area (Å²) in [5.74, 6) is 0.516. The van der Waals surface area contributed by atoms with Crippen molar-refractivity contribution in [2.24, 2.45) is 0 Å². The van der Waals surface area contributed by atoms with Gasteiger partial charge in [0.2, 0.25) is 0 Å². The van der Waals surface area contributed by atoms with Gasteiger partial charge < -0.3 is 10.1 Å². The minimum Gasteiger partial charge on any atom is -0.491 e. The first-order valence-electron chi connectivity index (χ1n) is 5.50. The Morgan fingerprint density at radius 3 is 2.89 bits per heavy atom. The molecule has 2 aromatic rings. The Kier molecular flexibility index (Phi) is 3.66. The molecule has 0 radical (unpaired) electrons. The zero-order valence-electron chi connectivity index (χ0n) is 10.1. The van der Waals surface area contributed by atoms with Crippen LogP contribution in [0.15, 0.2) is 24.8 Å². The van der Waals surface area contributed by atoms with Gasteiger partial charge in [-0.05, 0) is 13.0 Å². The third-order valence-corrected chi connectivity index (χ3v) is 2.38. The van der Waals surface area contributed by atoms with Crippen LogP contribution in [0.2, 0.25) is 0 Å². The van der Waals surface area contributed by atoms with Gasteiger partial charge in [-0.2, -0.15) is 0 Å². The van der Waals surface area contributed by atoms with Gasteiger partial charge in [-0.1, -0.05) is 0 Å². The Hall–Kier alpha value is -2.24. The van der Waals surface area contributed by atoms with Crippen LogP contribution < -0.4 is 10.1 Å². The first kappa shape index (κ1) is 12.2. The molecule has 0 amide bonds. The van der Waals surface area contributed by atoms with E-state index in [0.29, 0.717) is 29.4 Å². The number of anilines is 1. The van der Waals surface area contributed by atoms with Gasteiger partial charge in [0.15, 0.2) is 17.4 Å². The summed E-state index contributed by atoms with van der Waals surface area (Å²) in [6.45, 7) is 2.62. The van der Waals surface area contributed by atoms with Crippen molar-refractivity contribution in [1.29, 1.82) is 0 Å². The lowest BCUT2D eigenvalue weighted by atomic mass is 10.1. The third-order valence-electron chi connectivity index (χ3n) is 2.38. The maximum absolute atomic E-state index is 13.7.